The minimum absolute atomic E-state index is 0.0349. The Morgan fingerprint density at radius 1 is 1.64 bits per heavy atom. The van der Waals surface area contributed by atoms with Crippen molar-refractivity contribution in [2.45, 2.75) is 19.6 Å². The number of esters is 1. The lowest BCUT2D eigenvalue weighted by molar-refractivity contribution is -0.153. The van der Waals surface area contributed by atoms with Gasteiger partial charge in [-0.1, -0.05) is 0 Å². The van der Waals surface area contributed by atoms with Gasteiger partial charge in [0.2, 0.25) is 10.0 Å². The first-order chi connectivity index (χ1) is 6.49. The van der Waals surface area contributed by atoms with Crippen molar-refractivity contribution in [3.63, 3.8) is 0 Å². The summed E-state index contributed by atoms with van der Waals surface area (Å²) in [5, 5.41) is 0. The maximum Gasteiger partial charge on any atom is 0.357 e. The smallest absolute Gasteiger partial charge is 0.357 e. The molecule has 1 unspecified atom stereocenters. The Balaban J connectivity index is 2.70. The Hall–Kier alpha value is -0.690. The minimum Gasteiger partial charge on any atom is -0.463 e. The number of hydrogen-bond donors (Lipinski definition) is 0. The van der Waals surface area contributed by atoms with Crippen LogP contribution < -0.4 is 0 Å². The van der Waals surface area contributed by atoms with Gasteiger partial charge in [0.15, 0.2) is 0 Å². The fourth-order valence-electron chi connectivity index (χ4n) is 1.24. The number of halogens is 1. The molecule has 0 spiro atoms. The van der Waals surface area contributed by atoms with Crippen molar-refractivity contribution < 1.29 is 22.3 Å². The van der Waals surface area contributed by atoms with Gasteiger partial charge < -0.3 is 4.74 Å². The third kappa shape index (κ3) is 2.21. The van der Waals surface area contributed by atoms with Gasteiger partial charge in [-0.05, 0) is 13.3 Å². The quantitative estimate of drug-likeness (QED) is 0.496. The van der Waals surface area contributed by atoms with Crippen LogP contribution >= 0.6 is 0 Å². The van der Waals surface area contributed by atoms with E-state index in [-0.39, 0.29) is 18.9 Å². The van der Waals surface area contributed by atoms with E-state index in [1.54, 1.807) is 0 Å². The van der Waals surface area contributed by atoms with Gasteiger partial charge in [0, 0.05) is 6.54 Å². The van der Waals surface area contributed by atoms with E-state index in [4.69, 9.17) is 0 Å². The summed E-state index contributed by atoms with van der Waals surface area (Å²) in [6.07, 6.45) is -1.84. The molecule has 0 aromatic rings. The molecule has 0 amide bonds. The number of sulfonamides is 1. The SMILES string of the molecule is CCOC(=O)C(F)N1CCCS1(=O)=O. The van der Waals surface area contributed by atoms with Gasteiger partial charge in [0.05, 0.1) is 12.4 Å². The minimum atomic E-state index is -3.59. The van der Waals surface area contributed by atoms with Crippen LogP contribution in [0, 0.1) is 0 Å². The summed E-state index contributed by atoms with van der Waals surface area (Å²) in [6.45, 7) is 1.61. The highest BCUT2D eigenvalue weighted by atomic mass is 32.2. The number of nitrogens with zero attached hydrogens (tertiary/aromatic N) is 1. The second kappa shape index (κ2) is 4.22. The Bertz CT molecular complexity index is 316. The second-order valence-corrected chi connectivity index (χ2v) is 4.91. The molecule has 5 nitrogen and oxygen atoms in total. The monoisotopic (exact) mass is 225 g/mol. The lowest BCUT2D eigenvalue weighted by Crippen LogP contribution is -2.40. The van der Waals surface area contributed by atoms with Crippen LogP contribution in [0.5, 0.6) is 0 Å². The molecule has 14 heavy (non-hydrogen) atoms. The fourth-order valence-corrected chi connectivity index (χ4v) is 2.75. The third-order valence-electron chi connectivity index (χ3n) is 1.87. The van der Waals surface area contributed by atoms with Gasteiger partial charge in [-0.2, -0.15) is 4.31 Å². The van der Waals surface area contributed by atoms with Gasteiger partial charge in [0.25, 0.3) is 6.30 Å². The van der Waals surface area contributed by atoms with Gasteiger partial charge >= 0.3 is 5.97 Å². The van der Waals surface area contributed by atoms with Crippen molar-refractivity contribution in [1.29, 1.82) is 0 Å². The van der Waals surface area contributed by atoms with Gasteiger partial charge in [-0.15, -0.1) is 0 Å². The van der Waals surface area contributed by atoms with Crippen molar-refractivity contribution in [3.05, 3.63) is 0 Å². The molecule has 0 aromatic heterocycles. The van der Waals surface area contributed by atoms with Gasteiger partial charge in [0.1, 0.15) is 0 Å². The van der Waals surface area contributed by atoms with E-state index in [0.29, 0.717) is 10.7 Å². The summed E-state index contributed by atoms with van der Waals surface area (Å²) in [5.74, 6) is -1.25. The molecule has 1 rings (SSSR count). The summed E-state index contributed by atoms with van der Waals surface area (Å²) in [5.41, 5.74) is 0. The van der Waals surface area contributed by atoms with Crippen molar-refractivity contribution in [2.75, 3.05) is 18.9 Å². The lowest BCUT2D eigenvalue weighted by Gasteiger charge is -2.17. The van der Waals surface area contributed by atoms with Crippen LogP contribution in [0.1, 0.15) is 13.3 Å². The van der Waals surface area contributed by atoms with Crippen LogP contribution in [0.25, 0.3) is 0 Å². The van der Waals surface area contributed by atoms with Crippen LogP contribution in [0.15, 0.2) is 0 Å². The first-order valence-electron chi connectivity index (χ1n) is 4.29. The molecule has 0 radical (unpaired) electrons. The summed E-state index contributed by atoms with van der Waals surface area (Å²) in [7, 11) is -3.59. The molecule has 7 heteroatoms. The van der Waals surface area contributed by atoms with E-state index >= 15 is 0 Å². The summed E-state index contributed by atoms with van der Waals surface area (Å²) >= 11 is 0. The average molecular weight is 225 g/mol. The lowest BCUT2D eigenvalue weighted by atomic mass is 10.4. The predicted octanol–water partition coefficient (Wildman–Crippen LogP) is -0.119. The molecular formula is C7H12FNO4S. The maximum atomic E-state index is 13.3. The fraction of sp³-hybridized carbons (Fsp3) is 0.857. The number of carbonyl (C=O) groups is 1. The average Bonchev–Trinajstić information content (AvgIpc) is 2.44. The molecule has 0 bridgehead atoms. The Morgan fingerprint density at radius 3 is 2.71 bits per heavy atom. The highest BCUT2D eigenvalue weighted by Crippen LogP contribution is 2.18. The second-order valence-electron chi connectivity index (χ2n) is 2.87. The first kappa shape index (κ1) is 11.4. The van der Waals surface area contributed by atoms with Crippen LogP contribution in [0.3, 0.4) is 0 Å². The summed E-state index contributed by atoms with van der Waals surface area (Å²) in [4.78, 5) is 10.9. The zero-order valence-electron chi connectivity index (χ0n) is 7.77. The predicted molar refractivity (Wildman–Crippen MR) is 46.6 cm³/mol. The van der Waals surface area contributed by atoms with Crippen molar-refractivity contribution in [1.82, 2.24) is 4.31 Å². The molecule has 1 heterocycles. The van der Waals surface area contributed by atoms with Crippen LogP contribution in [-0.2, 0) is 19.6 Å². The number of hydrogen-bond acceptors (Lipinski definition) is 4. The van der Waals surface area contributed by atoms with E-state index in [0.717, 1.165) is 0 Å². The Labute approximate surface area is 81.9 Å². The number of ether oxygens (including phenoxy) is 1. The van der Waals surface area contributed by atoms with Crippen molar-refractivity contribution in [2.24, 2.45) is 0 Å². The molecule has 0 aliphatic carbocycles. The highest BCUT2D eigenvalue weighted by Gasteiger charge is 2.39. The van der Waals surface area contributed by atoms with Crippen LogP contribution in [0.2, 0.25) is 0 Å². The summed E-state index contributed by atoms with van der Waals surface area (Å²) in [6, 6.07) is 0. The topological polar surface area (TPSA) is 63.7 Å². The molecule has 82 valence electrons. The Kier molecular flexibility index (Phi) is 3.43. The van der Waals surface area contributed by atoms with E-state index in [1.165, 1.54) is 6.92 Å². The number of rotatable bonds is 3. The molecule has 0 aromatic carbocycles. The third-order valence-corrected chi connectivity index (χ3v) is 3.76. The zero-order chi connectivity index (χ0) is 10.8. The molecule has 1 saturated heterocycles. The molecule has 1 aliphatic heterocycles. The molecule has 0 N–H and O–H groups in total. The van der Waals surface area contributed by atoms with Crippen LogP contribution in [-0.4, -0.2) is 43.9 Å². The first-order valence-corrected chi connectivity index (χ1v) is 5.90. The molecular weight excluding hydrogens is 213 g/mol. The molecule has 1 aliphatic rings. The normalized spacial score (nSPS) is 23.3. The number of alkyl halides is 1. The summed E-state index contributed by atoms with van der Waals surface area (Å²) < 4.78 is 40.6. The zero-order valence-corrected chi connectivity index (χ0v) is 8.59. The molecule has 1 atom stereocenters. The maximum absolute atomic E-state index is 13.3. The highest BCUT2D eigenvalue weighted by molar-refractivity contribution is 7.89. The number of carbonyl (C=O) groups excluding carboxylic acids is 1. The van der Waals surface area contributed by atoms with Gasteiger partial charge in [-0.25, -0.2) is 17.6 Å². The van der Waals surface area contributed by atoms with Crippen LogP contribution in [0.4, 0.5) is 4.39 Å². The van der Waals surface area contributed by atoms with E-state index in [9.17, 15) is 17.6 Å². The largest absolute Gasteiger partial charge is 0.463 e. The van der Waals surface area contributed by atoms with E-state index in [2.05, 4.69) is 4.74 Å². The van der Waals surface area contributed by atoms with Crippen molar-refractivity contribution >= 4 is 16.0 Å². The Morgan fingerprint density at radius 2 is 2.29 bits per heavy atom. The van der Waals surface area contributed by atoms with Crippen molar-refractivity contribution in [3.8, 4) is 0 Å². The van der Waals surface area contributed by atoms with E-state index in [1.807, 2.05) is 0 Å². The standard InChI is InChI=1S/C7H12FNO4S/c1-2-13-7(10)6(8)9-4-3-5-14(9,11)12/h6H,2-5H2,1H3. The molecule has 0 saturated carbocycles. The van der Waals surface area contributed by atoms with Gasteiger partial charge in [-0.3, -0.25) is 0 Å². The molecule has 1 fully saturated rings. The van der Waals surface area contributed by atoms with E-state index < -0.39 is 22.3 Å².